The fourth-order valence-corrected chi connectivity index (χ4v) is 2.40. The van der Waals surface area contributed by atoms with Gasteiger partial charge in [-0.05, 0) is 31.5 Å². The van der Waals surface area contributed by atoms with Crippen LogP contribution in [0.15, 0.2) is 22.6 Å². The van der Waals surface area contributed by atoms with E-state index >= 15 is 0 Å². The van der Waals surface area contributed by atoms with Crippen LogP contribution in [0.5, 0.6) is 5.75 Å². The predicted octanol–water partition coefficient (Wildman–Crippen LogP) is 2.23. The maximum Gasteiger partial charge on any atom is 0.241 e. The fraction of sp³-hybridized carbons (Fsp3) is 0.357. The van der Waals surface area contributed by atoms with E-state index in [9.17, 15) is 4.79 Å². The standard InChI is InChI=1S/C14H18N2O3/c1-4-10(14(17)16-15)13-8(2)19-12-6-5-9(18-3)7-11(12)13/h5-7,10H,4,15H2,1-3H3,(H,16,17). The Balaban J connectivity index is 2.63. The number of nitrogens with one attached hydrogen (secondary N) is 1. The van der Waals surface area contributed by atoms with Crippen LogP contribution < -0.4 is 16.0 Å². The summed E-state index contributed by atoms with van der Waals surface area (Å²) >= 11 is 0. The van der Waals surface area contributed by atoms with E-state index in [0.717, 1.165) is 28.0 Å². The quantitative estimate of drug-likeness (QED) is 0.503. The van der Waals surface area contributed by atoms with E-state index in [1.54, 1.807) is 7.11 Å². The van der Waals surface area contributed by atoms with Crippen LogP contribution in [0.2, 0.25) is 0 Å². The number of ether oxygens (including phenoxy) is 1. The van der Waals surface area contributed by atoms with E-state index in [1.165, 1.54) is 0 Å². The minimum Gasteiger partial charge on any atom is -0.497 e. The fourth-order valence-electron chi connectivity index (χ4n) is 2.40. The second-order valence-corrected chi connectivity index (χ2v) is 4.40. The zero-order valence-electron chi connectivity index (χ0n) is 11.3. The van der Waals surface area contributed by atoms with Gasteiger partial charge in [-0.2, -0.15) is 0 Å². The number of hydrazine groups is 1. The molecule has 0 aliphatic heterocycles. The number of fused-ring (bicyclic) bond motifs is 1. The summed E-state index contributed by atoms with van der Waals surface area (Å²) < 4.78 is 10.9. The molecule has 0 aliphatic carbocycles. The van der Waals surface area contributed by atoms with Crippen LogP contribution in [0.25, 0.3) is 11.0 Å². The van der Waals surface area contributed by atoms with Gasteiger partial charge >= 0.3 is 0 Å². The molecule has 1 heterocycles. The zero-order chi connectivity index (χ0) is 14.0. The number of carbonyl (C=O) groups excluding carboxylic acids is 1. The summed E-state index contributed by atoms with van der Waals surface area (Å²) in [6.07, 6.45) is 0.649. The third kappa shape index (κ3) is 2.29. The molecule has 1 aromatic heterocycles. The Morgan fingerprint density at radius 3 is 2.84 bits per heavy atom. The summed E-state index contributed by atoms with van der Waals surface area (Å²) in [7, 11) is 1.61. The lowest BCUT2D eigenvalue weighted by molar-refractivity contribution is -0.122. The van der Waals surface area contributed by atoms with Gasteiger partial charge in [-0.1, -0.05) is 6.92 Å². The van der Waals surface area contributed by atoms with Gasteiger partial charge in [0, 0.05) is 10.9 Å². The topological polar surface area (TPSA) is 77.5 Å². The molecule has 19 heavy (non-hydrogen) atoms. The molecule has 0 spiro atoms. The number of benzene rings is 1. The van der Waals surface area contributed by atoms with Gasteiger partial charge in [-0.3, -0.25) is 10.2 Å². The normalized spacial score (nSPS) is 12.4. The lowest BCUT2D eigenvalue weighted by Gasteiger charge is -2.13. The molecule has 1 unspecified atom stereocenters. The molecule has 3 N–H and O–H groups in total. The summed E-state index contributed by atoms with van der Waals surface area (Å²) in [5, 5.41) is 0.896. The first kappa shape index (κ1) is 13.4. The highest BCUT2D eigenvalue weighted by molar-refractivity contribution is 5.92. The first-order chi connectivity index (χ1) is 9.12. The molecule has 0 aliphatic rings. The minimum absolute atomic E-state index is 0.212. The summed E-state index contributed by atoms with van der Waals surface area (Å²) in [5.74, 6) is 6.19. The summed E-state index contributed by atoms with van der Waals surface area (Å²) in [6.45, 7) is 3.80. The minimum atomic E-state index is -0.321. The molecule has 5 nitrogen and oxygen atoms in total. The number of aryl methyl sites for hydroxylation is 1. The molecule has 0 radical (unpaired) electrons. The maximum atomic E-state index is 11.9. The van der Waals surface area contributed by atoms with Crippen molar-refractivity contribution in [3.05, 3.63) is 29.5 Å². The lowest BCUT2D eigenvalue weighted by atomic mass is 9.93. The predicted molar refractivity (Wildman–Crippen MR) is 72.9 cm³/mol. The lowest BCUT2D eigenvalue weighted by Crippen LogP contribution is -2.34. The first-order valence-corrected chi connectivity index (χ1v) is 6.19. The van der Waals surface area contributed by atoms with E-state index in [0.29, 0.717) is 6.42 Å². The zero-order valence-corrected chi connectivity index (χ0v) is 11.3. The van der Waals surface area contributed by atoms with E-state index in [-0.39, 0.29) is 11.8 Å². The SMILES string of the molecule is CCC(C(=O)NN)c1c(C)oc2ccc(OC)cc12. The van der Waals surface area contributed by atoms with Crippen molar-refractivity contribution < 1.29 is 13.9 Å². The van der Waals surface area contributed by atoms with E-state index in [2.05, 4.69) is 5.43 Å². The molecule has 5 heteroatoms. The molecule has 1 aromatic carbocycles. The van der Waals surface area contributed by atoms with Gasteiger partial charge in [0.1, 0.15) is 17.1 Å². The Hall–Kier alpha value is -2.01. The van der Waals surface area contributed by atoms with Crippen LogP contribution in [-0.4, -0.2) is 13.0 Å². The van der Waals surface area contributed by atoms with Crippen molar-refractivity contribution in [2.75, 3.05) is 7.11 Å². The monoisotopic (exact) mass is 262 g/mol. The molecule has 2 rings (SSSR count). The van der Waals surface area contributed by atoms with E-state index in [4.69, 9.17) is 15.0 Å². The second-order valence-electron chi connectivity index (χ2n) is 4.40. The number of methoxy groups -OCH3 is 1. The van der Waals surface area contributed by atoms with Crippen LogP contribution in [0, 0.1) is 6.92 Å². The van der Waals surface area contributed by atoms with Crippen LogP contribution in [0.1, 0.15) is 30.6 Å². The molecule has 102 valence electrons. The van der Waals surface area contributed by atoms with Crippen LogP contribution in [0.3, 0.4) is 0 Å². The Bertz CT molecular complexity index is 604. The van der Waals surface area contributed by atoms with Gasteiger partial charge in [0.15, 0.2) is 0 Å². The number of amides is 1. The highest BCUT2D eigenvalue weighted by atomic mass is 16.5. The van der Waals surface area contributed by atoms with Gasteiger partial charge < -0.3 is 9.15 Å². The number of hydrogen-bond acceptors (Lipinski definition) is 4. The molecule has 2 aromatic rings. The average Bonchev–Trinajstić information content (AvgIpc) is 2.75. The Morgan fingerprint density at radius 2 is 2.26 bits per heavy atom. The number of carbonyl (C=O) groups is 1. The van der Waals surface area contributed by atoms with E-state index in [1.807, 2.05) is 32.0 Å². The van der Waals surface area contributed by atoms with Crippen molar-refractivity contribution in [1.29, 1.82) is 0 Å². The van der Waals surface area contributed by atoms with Gasteiger partial charge in [-0.25, -0.2) is 5.84 Å². The van der Waals surface area contributed by atoms with E-state index < -0.39 is 0 Å². The summed E-state index contributed by atoms with van der Waals surface area (Å²) in [4.78, 5) is 11.9. The molecule has 0 saturated heterocycles. The average molecular weight is 262 g/mol. The number of furan rings is 1. The Labute approximate surface area is 111 Å². The van der Waals surface area contributed by atoms with Gasteiger partial charge in [0.2, 0.25) is 5.91 Å². The third-order valence-electron chi connectivity index (χ3n) is 3.33. The molecular weight excluding hydrogens is 244 g/mol. The first-order valence-electron chi connectivity index (χ1n) is 6.19. The van der Waals surface area contributed by atoms with Crippen LogP contribution in [0.4, 0.5) is 0 Å². The Kier molecular flexibility index (Phi) is 3.76. The maximum absolute atomic E-state index is 11.9. The van der Waals surface area contributed by atoms with Crippen molar-refractivity contribution in [3.8, 4) is 5.75 Å². The summed E-state index contributed by atoms with van der Waals surface area (Å²) in [5.41, 5.74) is 3.83. The third-order valence-corrected chi connectivity index (χ3v) is 3.33. The highest BCUT2D eigenvalue weighted by Gasteiger charge is 2.25. The van der Waals surface area contributed by atoms with Crippen molar-refractivity contribution in [1.82, 2.24) is 5.43 Å². The molecule has 0 fully saturated rings. The van der Waals surface area contributed by atoms with Gasteiger partial charge in [0.25, 0.3) is 0 Å². The van der Waals surface area contributed by atoms with Crippen molar-refractivity contribution in [2.24, 2.45) is 5.84 Å². The molecule has 0 saturated carbocycles. The van der Waals surface area contributed by atoms with Gasteiger partial charge in [0.05, 0.1) is 13.0 Å². The van der Waals surface area contributed by atoms with Crippen LogP contribution in [-0.2, 0) is 4.79 Å². The van der Waals surface area contributed by atoms with Crippen molar-refractivity contribution in [2.45, 2.75) is 26.2 Å². The van der Waals surface area contributed by atoms with Crippen molar-refractivity contribution >= 4 is 16.9 Å². The second kappa shape index (κ2) is 5.32. The molecule has 1 amide bonds. The Morgan fingerprint density at radius 1 is 1.53 bits per heavy atom. The van der Waals surface area contributed by atoms with Crippen LogP contribution >= 0.6 is 0 Å². The number of hydrogen-bond donors (Lipinski definition) is 2. The van der Waals surface area contributed by atoms with Gasteiger partial charge in [-0.15, -0.1) is 0 Å². The molecule has 1 atom stereocenters. The molecular formula is C14H18N2O3. The summed E-state index contributed by atoms with van der Waals surface area (Å²) in [6, 6.07) is 5.56. The smallest absolute Gasteiger partial charge is 0.241 e. The number of nitrogens with two attached hydrogens (primary N) is 1. The largest absolute Gasteiger partial charge is 0.497 e. The molecule has 0 bridgehead atoms. The highest BCUT2D eigenvalue weighted by Crippen LogP contribution is 2.35. The number of rotatable bonds is 4. The van der Waals surface area contributed by atoms with Crippen molar-refractivity contribution in [3.63, 3.8) is 0 Å².